The molecule has 4 aromatic rings. The Kier molecular flexibility index (Phi) is 6.48. The van der Waals surface area contributed by atoms with Crippen molar-refractivity contribution in [3.8, 4) is 0 Å². The van der Waals surface area contributed by atoms with Crippen LogP contribution in [0.3, 0.4) is 0 Å². The van der Waals surface area contributed by atoms with E-state index in [1.54, 1.807) is 16.7 Å². The monoisotopic (exact) mass is 486 g/mol. The molecule has 0 atom stereocenters. The smallest absolute Gasteiger partial charge is 0.345 e. The van der Waals surface area contributed by atoms with Crippen LogP contribution < -0.4 is 16.3 Å². The van der Waals surface area contributed by atoms with Crippen LogP contribution in [-0.2, 0) is 19.5 Å². The summed E-state index contributed by atoms with van der Waals surface area (Å²) < 4.78 is 3.19. The van der Waals surface area contributed by atoms with E-state index in [9.17, 15) is 19.7 Å². The summed E-state index contributed by atoms with van der Waals surface area (Å²) in [6, 6.07) is 17.7. The van der Waals surface area contributed by atoms with Crippen molar-refractivity contribution in [2.45, 2.75) is 38.8 Å². The van der Waals surface area contributed by atoms with Crippen molar-refractivity contribution in [3.63, 3.8) is 0 Å². The highest BCUT2D eigenvalue weighted by molar-refractivity contribution is 6.06. The Labute approximate surface area is 206 Å². The zero-order valence-electron chi connectivity index (χ0n) is 19.6. The number of anilines is 2. The van der Waals surface area contributed by atoms with Gasteiger partial charge in [0.1, 0.15) is 11.5 Å². The van der Waals surface area contributed by atoms with Gasteiger partial charge in [0.15, 0.2) is 0 Å². The highest BCUT2D eigenvalue weighted by Crippen LogP contribution is 2.26. The van der Waals surface area contributed by atoms with Gasteiger partial charge < -0.3 is 10.6 Å². The fourth-order valence-corrected chi connectivity index (χ4v) is 4.49. The largest absolute Gasteiger partial charge is 0.379 e. The third kappa shape index (κ3) is 4.83. The second-order valence-corrected chi connectivity index (χ2v) is 8.82. The van der Waals surface area contributed by atoms with E-state index in [-0.39, 0.29) is 16.9 Å². The number of benzene rings is 3. The maximum atomic E-state index is 12.8. The summed E-state index contributed by atoms with van der Waals surface area (Å²) in [5.74, 6) is 0.399. The molecule has 0 saturated heterocycles. The maximum absolute atomic E-state index is 12.8. The van der Waals surface area contributed by atoms with Crippen molar-refractivity contribution in [1.29, 1.82) is 0 Å². The highest BCUT2D eigenvalue weighted by atomic mass is 16.6. The summed E-state index contributed by atoms with van der Waals surface area (Å²) in [6.07, 6.45) is 3.41. The van der Waals surface area contributed by atoms with Crippen LogP contribution in [0.4, 0.5) is 17.1 Å². The number of carbonyl (C=O) groups excluding carboxylic acids is 1. The molecule has 0 bridgehead atoms. The van der Waals surface area contributed by atoms with E-state index in [4.69, 9.17) is 0 Å². The summed E-state index contributed by atoms with van der Waals surface area (Å²) in [6.45, 7) is 1.55. The van der Waals surface area contributed by atoms with E-state index < -0.39 is 10.8 Å². The Hall–Kier alpha value is -4.47. The van der Waals surface area contributed by atoms with Crippen LogP contribution in [0.15, 0.2) is 65.5 Å². The molecule has 0 unspecified atom stereocenters. The van der Waals surface area contributed by atoms with Crippen LogP contribution in [0.25, 0.3) is 10.8 Å². The molecule has 0 fully saturated rings. The number of nitro benzene ring substituents is 1. The van der Waals surface area contributed by atoms with Crippen LogP contribution >= 0.6 is 0 Å². The predicted molar refractivity (Wildman–Crippen MR) is 138 cm³/mol. The van der Waals surface area contributed by atoms with Gasteiger partial charge in [-0.3, -0.25) is 19.5 Å². The minimum atomic E-state index is -0.511. The molecule has 1 amide bonds. The standard InChI is InChI=1S/C26H26N6O4/c33-25(28-21-11-9-18-6-1-2-7-19(18)16-21)20-10-12-22(23(17-20)32(35)36)27-13-5-15-31-26(34)30-14-4-3-8-24(30)29-31/h1-2,6-7,9-12,16-17,27H,3-5,8,13-15H2,(H,28,33). The quantitative estimate of drug-likeness (QED) is 0.219. The first-order chi connectivity index (χ1) is 17.5. The lowest BCUT2D eigenvalue weighted by atomic mass is 10.1. The predicted octanol–water partition coefficient (Wildman–Crippen LogP) is 4.20. The number of amides is 1. The lowest BCUT2D eigenvalue weighted by molar-refractivity contribution is -0.384. The van der Waals surface area contributed by atoms with Crippen molar-refractivity contribution in [1.82, 2.24) is 14.3 Å². The molecular formula is C26H26N6O4. The van der Waals surface area contributed by atoms with Gasteiger partial charge in [0, 0.05) is 43.4 Å². The molecule has 2 N–H and O–H groups in total. The number of fused-ring (bicyclic) bond motifs is 2. The molecule has 184 valence electrons. The first-order valence-electron chi connectivity index (χ1n) is 12.0. The minimum absolute atomic E-state index is 0.0996. The van der Waals surface area contributed by atoms with Crippen LogP contribution in [0, 0.1) is 10.1 Å². The van der Waals surface area contributed by atoms with Gasteiger partial charge in [-0.25, -0.2) is 9.48 Å². The molecule has 3 aromatic carbocycles. The second-order valence-electron chi connectivity index (χ2n) is 8.82. The Morgan fingerprint density at radius 2 is 1.89 bits per heavy atom. The number of aryl methyl sites for hydroxylation is 2. The van der Waals surface area contributed by atoms with Crippen LogP contribution in [0.2, 0.25) is 0 Å². The highest BCUT2D eigenvalue weighted by Gasteiger charge is 2.19. The van der Waals surface area contributed by atoms with Gasteiger partial charge in [-0.15, -0.1) is 0 Å². The fourth-order valence-electron chi connectivity index (χ4n) is 4.49. The van der Waals surface area contributed by atoms with Crippen molar-refractivity contribution in [3.05, 3.63) is 92.7 Å². The SMILES string of the molecule is O=C(Nc1ccc2ccccc2c1)c1ccc(NCCCn2nc3n(c2=O)CCCC3)c([N+](=O)[O-])c1. The van der Waals surface area contributed by atoms with Gasteiger partial charge in [0.2, 0.25) is 0 Å². The lowest BCUT2D eigenvalue weighted by Crippen LogP contribution is -2.27. The third-order valence-corrected chi connectivity index (χ3v) is 6.36. The van der Waals surface area contributed by atoms with Crippen LogP contribution in [-0.4, -0.2) is 31.7 Å². The number of carbonyl (C=O) groups is 1. The topological polar surface area (TPSA) is 124 Å². The zero-order valence-corrected chi connectivity index (χ0v) is 19.6. The zero-order chi connectivity index (χ0) is 25.1. The average Bonchev–Trinajstić information content (AvgIpc) is 3.21. The van der Waals surface area contributed by atoms with Crippen molar-refractivity contribution < 1.29 is 9.72 Å². The number of hydrogen-bond acceptors (Lipinski definition) is 6. The van der Waals surface area contributed by atoms with Gasteiger partial charge in [0.05, 0.1) is 4.92 Å². The number of nitrogens with zero attached hydrogens (tertiary/aromatic N) is 4. The number of nitro groups is 1. The van der Waals surface area contributed by atoms with E-state index in [1.165, 1.54) is 16.8 Å². The van der Waals surface area contributed by atoms with E-state index in [0.29, 0.717) is 37.4 Å². The molecule has 0 radical (unpaired) electrons. The molecule has 5 rings (SSSR count). The number of aromatic nitrogens is 3. The normalized spacial score (nSPS) is 12.8. The molecule has 0 spiro atoms. The van der Waals surface area contributed by atoms with E-state index in [1.807, 2.05) is 36.4 Å². The van der Waals surface area contributed by atoms with Crippen LogP contribution in [0.1, 0.15) is 35.4 Å². The van der Waals surface area contributed by atoms with Gasteiger partial charge in [-0.1, -0.05) is 30.3 Å². The van der Waals surface area contributed by atoms with Crippen molar-refractivity contribution in [2.75, 3.05) is 17.2 Å². The Morgan fingerprint density at radius 1 is 1.06 bits per heavy atom. The van der Waals surface area contributed by atoms with Crippen molar-refractivity contribution in [2.24, 2.45) is 0 Å². The first-order valence-corrected chi connectivity index (χ1v) is 12.0. The molecular weight excluding hydrogens is 460 g/mol. The molecule has 36 heavy (non-hydrogen) atoms. The third-order valence-electron chi connectivity index (χ3n) is 6.36. The number of nitrogens with one attached hydrogen (secondary N) is 2. The number of hydrogen-bond donors (Lipinski definition) is 2. The molecule has 0 aliphatic carbocycles. The number of rotatable bonds is 8. The average molecular weight is 487 g/mol. The van der Waals surface area contributed by atoms with Gasteiger partial charge in [-0.2, -0.15) is 5.10 Å². The van der Waals surface area contributed by atoms with Gasteiger partial charge >= 0.3 is 5.69 Å². The molecule has 1 aliphatic heterocycles. The molecule has 10 heteroatoms. The van der Waals surface area contributed by atoms with E-state index in [2.05, 4.69) is 15.7 Å². The summed E-state index contributed by atoms with van der Waals surface area (Å²) in [5.41, 5.74) is 0.835. The second kappa shape index (κ2) is 10.0. The van der Waals surface area contributed by atoms with Crippen molar-refractivity contribution >= 4 is 33.7 Å². The molecule has 1 aromatic heterocycles. The Bertz CT molecular complexity index is 1510. The first kappa shape index (κ1) is 23.3. The fraction of sp³-hybridized carbons (Fsp3) is 0.269. The van der Waals surface area contributed by atoms with E-state index >= 15 is 0 Å². The Morgan fingerprint density at radius 3 is 2.69 bits per heavy atom. The maximum Gasteiger partial charge on any atom is 0.345 e. The van der Waals surface area contributed by atoms with Crippen LogP contribution in [0.5, 0.6) is 0 Å². The summed E-state index contributed by atoms with van der Waals surface area (Å²) in [4.78, 5) is 36.4. The van der Waals surface area contributed by atoms with Gasteiger partial charge in [-0.05, 0) is 54.3 Å². The molecule has 10 nitrogen and oxygen atoms in total. The molecule has 0 saturated carbocycles. The minimum Gasteiger partial charge on any atom is -0.379 e. The summed E-state index contributed by atoms with van der Waals surface area (Å²) in [7, 11) is 0. The van der Waals surface area contributed by atoms with Gasteiger partial charge in [0.25, 0.3) is 11.6 Å². The molecule has 2 heterocycles. The molecule has 1 aliphatic rings. The Balaban J connectivity index is 1.23. The lowest BCUT2D eigenvalue weighted by Gasteiger charge is -2.10. The van der Waals surface area contributed by atoms with E-state index in [0.717, 1.165) is 35.9 Å². The summed E-state index contributed by atoms with van der Waals surface area (Å²) in [5, 5.41) is 24.0. The summed E-state index contributed by atoms with van der Waals surface area (Å²) >= 11 is 0.